The highest BCUT2D eigenvalue weighted by Crippen LogP contribution is 2.45. The number of aliphatic hydroxyl groups excluding tert-OH is 1. The van der Waals surface area contributed by atoms with Crippen LogP contribution >= 0.6 is 11.3 Å². The van der Waals surface area contributed by atoms with Gasteiger partial charge in [0.25, 0.3) is 0 Å². The fourth-order valence-corrected chi connectivity index (χ4v) is 4.27. The summed E-state index contributed by atoms with van der Waals surface area (Å²) in [5.74, 6) is -3.09. The molecule has 4 aromatic rings. The highest BCUT2D eigenvalue weighted by atomic mass is 32.1. The fraction of sp³-hybridized carbons (Fsp3) is 0.0455. The van der Waals surface area contributed by atoms with Gasteiger partial charge in [0.05, 0.1) is 0 Å². The van der Waals surface area contributed by atoms with Gasteiger partial charge in [0.2, 0.25) is 0 Å². The van der Waals surface area contributed by atoms with Crippen LogP contribution in [0.4, 0.5) is 17.6 Å². The number of halogens is 4. The average molecular weight is 415 g/mol. The van der Waals surface area contributed by atoms with Gasteiger partial charge in [0, 0.05) is 57.2 Å². The minimum Gasteiger partial charge on any atom is -0.384 e. The molecule has 0 fully saturated rings. The molecular formula is C22H13F4NOS. The van der Waals surface area contributed by atoms with Crippen LogP contribution in [0.2, 0.25) is 0 Å². The molecular weight excluding hydrogens is 402 g/mol. The van der Waals surface area contributed by atoms with Gasteiger partial charge in [-0.05, 0) is 35.7 Å². The van der Waals surface area contributed by atoms with E-state index in [0.29, 0.717) is 16.0 Å². The SMILES string of the molecule is OC(c1cccnc1)c1c(-c2ccc(F)cc2F)csc1-c1ccc(F)cc1F. The topological polar surface area (TPSA) is 33.1 Å². The van der Waals surface area contributed by atoms with Gasteiger partial charge in [0.1, 0.15) is 29.4 Å². The summed E-state index contributed by atoms with van der Waals surface area (Å²) >= 11 is 1.08. The van der Waals surface area contributed by atoms with E-state index in [1.807, 2.05) is 0 Å². The minimum absolute atomic E-state index is 0.0642. The number of nitrogens with zero attached hydrogens (tertiary/aromatic N) is 1. The van der Waals surface area contributed by atoms with E-state index in [-0.39, 0.29) is 16.7 Å². The van der Waals surface area contributed by atoms with E-state index >= 15 is 0 Å². The van der Waals surface area contributed by atoms with E-state index in [9.17, 15) is 22.7 Å². The zero-order valence-corrected chi connectivity index (χ0v) is 15.6. The standard InChI is InChI=1S/C22H13F4NOS/c23-13-3-5-15(18(25)8-13)17-11-29-22(16-6-4-14(24)9-19(16)26)20(17)21(28)12-2-1-7-27-10-12/h1-11,21,28H. The Hall–Kier alpha value is -3.03. The second-order valence-corrected chi connectivity index (χ2v) is 7.21. The van der Waals surface area contributed by atoms with Crippen LogP contribution in [-0.4, -0.2) is 10.1 Å². The Labute approximate surface area is 167 Å². The number of benzene rings is 2. The van der Waals surface area contributed by atoms with E-state index in [1.54, 1.807) is 17.5 Å². The van der Waals surface area contributed by atoms with Crippen LogP contribution in [0, 0.1) is 23.3 Å². The molecule has 146 valence electrons. The molecule has 1 unspecified atom stereocenters. The van der Waals surface area contributed by atoms with Crippen molar-refractivity contribution < 1.29 is 22.7 Å². The summed E-state index contributed by atoms with van der Waals surface area (Å²) in [5, 5.41) is 12.6. The van der Waals surface area contributed by atoms with Gasteiger partial charge >= 0.3 is 0 Å². The Morgan fingerprint density at radius 1 is 0.828 bits per heavy atom. The molecule has 7 heteroatoms. The molecule has 0 spiro atoms. The molecule has 2 aromatic heterocycles. The van der Waals surface area contributed by atoms with Crippen molar-refractivity contribution in [2.45, 2.75) is 6.10 Å². The third-order valence-electron chi connectivity index (χ3n) is 4.50. The predicted octanol–water partition coefficient (Wildman–Crippen LogP) is 6.12. The van der Waals surface area contributed by atoms with Crippen molar-refractivity contribution in [1.82, 2.24) is 4.98 Å². The minimum atomic E-state index is -1.26. The lowest BCUT2D eigenvalue weighted by atomic mass is 9.93. The van der Waals surface area contributed by atoms with Crippen LogP contribution in [-0.2, 0) is 0 Å². The number of aliphatic hydroxyl groups is 1. The molecule has 0 saturated heterocycles. The number of aromatic nitrogens is 1. The second-order valence-electron chi connectivity index (χ2n) is 6.33. The molecule has 2 aromatic carbocycles. The van der Waals surface area contributed by atoms with Crippen molar-refractivity contribution in [2.75, 3.05) is 0 Å². The van der Waals surface area contributed by atoms with Crippen molar-refractivity contribution in [3.63, 3.8) is 0 Å². The van der Waals surface area contributed by atoms with E-state index in [4.69, 9.17) is 0 Å². The van der Waals surface area contributed by atoms with Gasteiger partial charge < -0.3 is 5.11 Å². The highest BCUT2D eigenvalue weighted by molar-refractivity contribution is 7.14. The van der Waals surface area contributed by atoms with Gasteiger partial charge in [-0.1, -0.05) is 6.07 Å². The van der Waals surface area contributed by atoms with Crippen LogP contribution in [0.3, 0.4) is 0 Å². The smallest absolute Gasteiger partial charge is 0.134 e. The van der Waals surface area contributed by atoms with Crippen molar-refractivity contribution in [1.29, 1.82) is 0 Å². The van der Waals surface area contributed by atoms with Gasteiger partial charge in [-0.2, -0.15) is 0 Å². The number of rotatable bonds is 4. The summed E-state index contributed by atoms with van der Waals surface area (Å²) in [5.41, 5.74) is 1.08. The number of pyridine rings is 1. The van der Waals surface area contributed by atoms with Crippen molar-refractivity contribution in [3.8, 4) is 21.6 Å². The normalized spacial score (nSPS) is 12.2. The summed E-state index contributed by atoms with van der Waals surface area (Å²) in [7, 11) is 0. The molecule has 2 heterocycles. The molecule has 0 saturated carbocycles. The maximum atomic E-state index is 14.5. The number of hydrogen-bond donors (Lipinski definition) is 1. The first-order valence-corrected chi connectivity index (χ1v) is 9.44. The van der Waals surface area contributed by atoms with Gasteiger partial charge in [-0.3, -0.25) is 4.98 Å². The third-order valence-corrected chi connectivity index (χ3v) is 5.53. The molecule has 29 heavy (non-hydrogen) atoms. The first-order chi connectivity index (χ1) is 14.0. The Kier molecular flexibility index (Phi) is 5.17. The molecule has 0 aliphatic heterocycles. The lowest BCUT2D eigenvalue weighted by Gasteiger charge is -2.16. The van der Waals surface area contributed by atoms with Gasteiger partial charge in [0.15, 0.2) is 0 Å². The summed E-state index contributed by atoms with van der Waals surface area (Å²) in [6.07, 6.45) is 1.72. The van der Waals surface area contributed by atoms with Crippen LogP contribution in [0.1, 0.15) is 17.2 Å². The van der Waals surface area contributed by atoms with Crippen molar-refractivity contribution >= 4 is 11.3 Å². The molecule has 0 bridgehead atoms. The molecule has 0 radical (unpaired) electrons. The molecule has 0 aliphatic carbocycles. The number of hydrogen-bond acceptors (Lipinski definition) is 3. The molecule has 0 aliphatic rings. The lowest BCUT2D eigenvalue weighted by Crippen LogP contribution is -2.03. The first kappa shape index (κ1) is 19.3. The zero-order chi connectivity index (χ0) is 20.5. The Bertz CT molecular complexity index is 1110. The van der Waals surface area contributed by atoms with E-state index < -0.39 is 29.4 Å². The molecule has 1 N–H and O–H groups in total. The summed E-state index contributed by atoms with van der Waals surface area (Å²) in [4.78, 5) is 4.29. The molecule has 4 rings (SSSR count). The molecule has 1 atom stereocenters. The Morgan fingerprint density at radius 3 is 2.07 bits per heavy atom. The van der Waals surface area contributed by atoms with Crippen LogP contribution in [0.5, 0.6) is 0 Å². The lowest BCUT2D eigenvalue weighted by molar-refractivity contribution is 0.221. The monoisotopic (exact) mass is 415 g/mol. The summed E-state index contributed by atoms with van der Waals surface area (Å²) < 4.78 is 55.7. The maximum absolute atomic E-state index is 14.5. The Morgan fingerprint density at radius 2 is 1.48 bits per heavy atom. The van der Waals surface area contributed by atoms with Crippen LogP contribution in [0.15, 0.2) is 66.3 Å². The number of thiophene rings is 1. The Balaban J connectivity index is 1.96. The van der Waals surface area contributed by atoms with Crippen LogP contribution < -0.4 is 0 Å². The van der Waals surface area contributed by atoms with Crippen molar-refractivity contribution in [3.05, 3.63) is 101 Å². The van der Waals surface area contributed by atoms with E-state index in [2.05, 4.69) is 4.98 Å². The van der Waals surface area contributed by atoms with Gasteiger partial charge in [-0.15, -0.1) is 11.3 Å². The van der Waals surface area contributed by atoms with E-state index in [0.717, 1.165) is 35.6 Å². The second kappa shape index (κ2) is 7.77. The van der Waals surface area contributed by atoms with Gasteiger partial charge in [-0.25, -0.2) is 17.6 Å². The van der Waals surface area contributed by atoms with Crippen LogP contribution in [0.25, 0.3) is 21.6 Å². The zero-order valence-electron chi connectivity index (χ0n) is 14.7. The molecule has 2 nitrogen and oxygen atoms in total. The predicted molar refractivity (Wildman–Crippen MR) is 103 cm³/mol. The summed E-state index contributed by atoms with van der Waals surface area (Å²) in [6, 6.07) is 9.48. The maximum Gasteiger partial charge on any atom is 0.134 e. The van der Waals surface area contributed by atoms with E-state index in [1.165, 1.54) is 24.5 Å². The first-order valence-electron chi connectivity index (χ1n) is 8.56. The average Bonchev–Trinajstić information content (AvgIpc) is 3.12. The quantitative estimate of drug-likeness (QED) is 0.408. The van der Waals surface area contributed by atoms with Crippen molar-refractivity contribution in [2.24, 2.45) is 0 Å². The fourth-order valence-electron chi connectivity index (χ4n) is 3.14. The molecule has 0 amide bonds. The largest absolute Gasteiger partial charge is 0.384 e. The summed E-state index contributed by atoms with van der Waals surface area (Å²) in [6.45, 7) is 0. The third kappa shape index (κ3) is 3.66. The highest BCUT2D eigenvalue weighted by Gasteiger charge is 2.26.